The molecule has 2 rings (SSSR count). The van der Waals surface area contributed by atoms with Crippen molar-refractivity contribution in [3.8, 4) is 0 Å². The quantitative estimate of drug-likeness (QED) is 0.854. The molecule has 0 saturated carbocycles. The molecule has 1 fully saturated rings. The molecule has 1 atom stereocenters. The largest absolute Gasteiger partial charge is 0.399 e. The molecule has 1 heterocycles. The molecule has 5 heteroatoms. The van der Waals surface area contributed by atoms with E-state index < -0.39 is 10.0 Å². The van der Waals surface area contributed by atoms with E-state index in [0.29, 0.717) is 12.2 Å². The Morgan fingerprint density at radius 3 is 2.56 bits per heavy atom. The van der Waals surface area contributed by atoms with Crippen LogP contribution in [-0.2, 0) is 10.0 Å². The molecule has 2 N–H and O–H groups in total. The fourth-order valence-electron chi connectivity index (χ4n) is 2.46. The number of hydrogen-bond acceptors (Lipinski definition) is 3. The lowest BCUT2D eigenvalue weighted by atomic mass is 9.97. The second-order valence-corrected chi connectivity index (χ2v) is 6.90. The van der Waals surface area contributed by atoms with Gasteiger partial charge in [-0.3, -0.25) is 0 Å². The third-order valence-corrected chi connectivity index (χ3v) is 5.38. The van der Waals surface area contributed by atoms with E-state index in [1.165, 1.54) is 0 Å². The summed E-state index contributed by atoms with van der Waals surface area (Å²) in [5.41, 5.74) is 7.42. The molecule has 1 aliphatic rings. The minimum Gasteiger partial charge on any atom is -0.399 e. The number of piperidine rings is 1. The van der Waals surface area contributed by atoms with Gasteiger partial charge in [0.05, 0.1) is 5.75 Å². The van der Waals surface area contributed by atoms with Crippen LogP contribution < -0.4 is 5.73 Å². The molecule has 1 aliphatic heterocycles. The van der Waals surface area contributed by atoms with Crippen LogP contribution in [0.3, 0.4) is 0 Å². The first-order valence-electron chi connectivity index (χ1n) is 6.39. The third kappa shape index (κ3) is 2.67. The smallest absolute Gasteiger partial charge is 0.214 e. The monoisotopic (exact) mass is 268 g/mol. The topological polar surface area (TPSA) is 63.4 Å². The molecule has 0 aromatic heterocycles. The van der Waals surface area contributed by atoms with Crippen molar-refractivity contribution in [2.75, 3.05) is 18.0 Å². The average molecular weight is 268 g/mol. The fourth-order valence-corrected chi connectivity index (χ4v) is 3.81. The Kier molecular flexibility index (Phi) is 3.92. The van der Waals surface area contributed by atoms with E-state index in [9.17, 15) is 8.42 Å². The normalized spacial score (nSPS) is 21.9. The van der Waals surface area contributed by atoms with Crippen LogP contribution in [0.5, 0.6) is 0 Å². The van der Waals surface area contributed by atoms with E-state index >= 15 is 0 Å². The number of sulfonamides is 1. The minimum atomic E-state index is -3.13. The number of rotatable bonds is 3. The van der Waals surface area contributed by atoms with Gasteiger partial charge in [-0.15, -0.1) is 0 Å². The van der Waals surface area contributed by atoms with Crippen molar-refractivity contribution in [3.63, 3.8) is 0 Å². The molecular weight excluding hydrogens is 248 g/mol. The van der Waals surface area contributed by atoms with E-state index in [1.54, 1.807) is 11.2 Å². The summed E-state index contributed by atoms with van der Waals surface area (Å²) in [4.78, 5) is 0. The van der Waals surface area contributed by atoms with Gasteiger partial charge in [0.2, 0.25) is 10.0 Å². The highest BCUT2D eigenvalue weighted by atomic mass is 32.2. The first-order valence-corrected chi connectivity index (χ1v) is 8.00. The van der Waals surface area contributed by atoms with Crippen LogP contribution >= 0.6 is 0 Å². The van der Waals surface area contributed by atoms with Gasteiger partial charge in [-0.2, -0.15) is 4.31 Å². The van der Waals surface area contributed by atoms with Crippen molar-refractivity contribution >= 4 is 15.7 Å². The Morgan fingerprint density at radius 2 is 1.94 bits per heavy atom. The summed E-state index contributed by atoms with van der Waals surface area (Å²) >= 11 is 0. The molecule has 0 radical (unpaired) electrons. The average Bonchev–Trinajstić information content (AvgIpc) is 2.40. The lowest BCUT2D eigenvalue weighted by molar-refractivity contribution is 0.256. The van der Waals surface area contributed by atoms with E-state index in [4.69, 9.17) is 5.73 Å². The second-order valence-electron chi connectivity index (χ2n) is 4.69. The lowest BCUT2D eigenvalue weighted by Crippen LogP contribution is -2.39. The van der Waals surface area contributed by atoms with Crippen molar-refractivity contribution in [2.45, 2.75) is 32.2 Å². The molecule has 0 spiro atoms. The van der Waals surface area contributed by atoms with Gasteiger partial charge in [0.1, 0.15) is 0 Å². The maximum Gasteiger partial charge on any atom is 0.214 e. The molecule has 1 saturated heterocycles. The molecule has 1 unspecified atom stereocenters. The number of nitrogens with two attached hydrogens (primary N) is 1. The van der Waals surface area contributed by atoms with Crippen LogP contribution in [0, 0.1) is 0 Å². The van der Waals surface area contributed by atoms with Gasteiger partial charge in [0.25, 0.3) is 0 Å². The van der Waals surface area contributed by atoms with E-state index in [2.05, 4.69) is 0 Å². The predicted molar refractivity (Wildman–Crippen MR) is 73.6 cm³/mol. The van der Waals surface area contributed by atoms with E-state index in [-0.39, 0.29) is 11.8 Å². The lowest BCUT2D eigenvalue weighted by Gasteiger charge is -2.34. The Balaban J connectivity index is 2.31. The first-order chi connectivity index (χ1) is 8.54. The van der Waals surface area contributed by atoms with Crippen molar-refractivity contribution < 1.29 is 8.42 Å². The zero-order chi connectivity index (χ0) is 13.2. The number of nitrogen functional groups attached to an aromatic ring is 1. The SMILES string of the molecule is CCS(=O)(=O)N1CCCCC1c1ccc(N)cc1. The Hall–Kier alpha value is -1.07. The Labute approximate surface area is 109 Å². The van der Waals surface area contributed by atoms with E-state index in [0.717, 1.165) is 24.8 Å². The first kappa shape index (κ1) is 13.4. The molecule has 0 aliphatic carbocycles. The highest BCUT2D eigenvalue weighted by Gasteiger charge is 2.31. The number of anilines is 1. The number of nitrogens with zero attached hydrogens (tertiary/aromatic N) is 1. The minimum absolute atomic E-state index is 0.0238. The predicted octanol–water partition coefficient (Wildman–Crippen LogP) is 2.15. The zero-order valence-electron chi connectivity index (χ0n) is 10.7. The van der Waals surface area contributed by atoms with Gasteiger partial charge in [-0.1, -0.05) is 18.6 Å². The third-order valence-electron chi connectivity index (χ3n) is 3.50. The summed E-state index contributed by atoms with van der Waals surface area (Å²) in [5.74, 6) is 0.165. The van der Waals surface area contributed by atoms with Crippen molar-refractivity contribution in [3.05, 3.63) is 29.8 Å². The van der Waals surface area contributed by atoms with Crippen molar-refractivity contribution in [1.82, 2.24) is 4.31 Å². The number of hydrogen-bond donors (Lipinski definition) is 1. The molecular formula is C13H20N2O2S. The highest BCUT2D eigenvalue weighted by Crippen LogP contribution is 2.33. The summed E-state index contributed by atoms with van der Waals surface area (Å²) in [5, 5.41) is 0. The molecule has 0 amide bonds. The van der Waals surface area contributed by atoms with Crippen molar-refractivity contribution in [1.29, 1.82) is 0 Å². The Morgan fingerprint density at radius 1 is 1.28 bits per heavy atom. The summed E-state index contributed by atoms with van der Waals surface area (Å²) in [6, 6.07) is 7.51. The van der Waals surface area contributed by atoms with Crippen LogP contribution in [0.4, 0.5) is 5.69 Å². The summed E-state index contributed by atoms with van der Waals surface area (Å²) in [6.07, 6.45) is 2.92. The van der Waals surface area contributed by atoms with Crippen LogP contribution in [0.2, 0.25) is 0 Å². The van der Waals surface area contributed by atoms with Crippen molar-refractivity contribution in [2.24, 2.45) is 0 Å². The summed E-state index contributed by atoms with van der Waals surface area (Å²) < 4.78 is 25.9. The highest BCUT2D eigenvalue weighted by molar-refractivity contribution is 7.89. The molecule has 1 aromatic carbocycles. The van der Waals surface area contributed by atoms with Gasteiger partial charge < -0.3 is 5.73 Å². The van der Waals surface area contributed by atoms with Crippen LogP contribution in [-0.4, -0.2) is 25.0 Å². The molecule has 1 aromatic rings. The fraction of sp³-hybridized carbons (Fsp3) is 0.538. The zero-order valence-corrected chi connectivity index (χ0v) is 11.5. The second kappa shape index (κ2) is 5.28. The van der Waals surface area contributed by atoms with Gasteiger partial charge in [-0.25, -0.2) is 8.42 Å². The van der Waals surface area contributed by atoms with Gasteiger partial charge in [-0.05, 0) is 37.5 Å². The maximum absolute atomic E-state index is 12.1. The Bertz CT molecular complexity index is 496. The molecule has 100 valence electrons. The van der Waals surface area contributed by atoms with Crippen LogP contribution in [0.25, 0.3) is 0 Å². The summed E-state index contributed by atoms with van der Waals surface area (Å²) in [6.45, 7) is 2.33. The van der Waals surface area contributed by atoms with Gasteiger partial charge in [0, 0.05) is 18.3 Å². The molecule has 4 nitrogen and oxygen atoms in total. The molecule has 18 heavy (non-hydrogen) atoms. The van der Waals surface area contributed by atoms with E-state index in [1.807, 2.05) is 24.3 Å². The standard InChI is InChI=1S/C13H20N2O2S/c1-2-18(16,17)15-10-4-3-5-13(15)11-6-8-12(14)9-7-11/h6-9,13H,2-5,10,14H2,1H3. The number of benzene rings is 1. The van der Waals surface area contributed by atoms with Crippen LogP contribution in [0.1, 0.15) is 37.8 Å². The molecule has 0 bridgehead atoms. The van der Waals surface area contributed by atoms with Gasteiger partial charge in [0.15, 0.2) is 0 Å². The summed E-state index contributed by atoms with van der Waals surface area (Å²) in [7, 11) is -3.13. The van der Waals surface area contributed by atoms with Crippen LogP contribution in [0.15, 0.2) is 24.3 Å². The maximum atomic E-state index is 12.1. The van der Waals surface area contributed by atoms with Gasteiger partial charge >= 0.3 is 0 Å².